The molecular weight excluding hydrogens is 530 g/mol. The van der Waals surface area contributed by atoms with Gasteiger partial charge in [-0.2, -0.15) is 10.4 Å². The van der Waals surface area contributed by atoms with Gasteiger partial charge in [0.2, 0.25) is 10.0 Å². The van der Waals surface area contributed by atoms with E-state index in [9.17, 15) is 23.6 Å². The summed E-state index contributed by atoms with van der Waals surface area (Å²) in [7, 11) is -3.61. The number of rotatable bonds is 5. The molecule has 2 fully saturated rings. The molecule has 2 aromatic heterocycles. The normalized spacial score (nSPS) is 22.0. The fourth-order valence-corrected chi connectivity index (χ4v) is 5.96. The second-order valence-electron chi connectivity index (χ2n) is 9.90. The van der Waals surface area contributed by atoms with Gasteiger partial charge in [0.25, 0.3) is 5.91 Å². The number of amides is 1. The first-order valence-electron chi connectivity index (χ1n) is 12.3. The number of nitriles is 1. The number of likely N-dealkylation sites (tertiary alicyclic amines) is 1. The van der Waals surface area contributed by atoms with E-state index in [1.165, 1.54) is 18.2 Å². The van der Waals surface area contributed by atoms with Crippen molar-refractivity contribution in [1.82, 2.24) is 19.5 Å². The first kappa shape index (κ1) is 26.2. The molecule has 1 amide bonds. The summed E-state index contributed by atoms with van der Waals surface area (Å²) in [5.74, 6) is -0.116. The van der Waals surface area contributed by atoms with Crippen LogP contribution in [0.2, 0.25) is 5.02 Å². The summed E-state index contributed by atoms with van der Waals surface area (Å²) in [6.45, 7) is 3.12. The van der Waals surface area contributed by atoms with Crippen molar-refractivity contribution in [2.75, 3.05) is 35.5 Å². The predicted octanol–water partition coefficient (Wildman–Crippen LogP) is 2.75. The molecule has 3 aromatic rings. The summed E-state index contributed by atoms with van der Waals surface area (Å²) in [6, 6.07) is 8.16. The van der Waals surface area contributed by atoms with Crippen LogP contribution in [0.15, 0.2) is 30.5 Å². The molecule has 11 nitrogen and oxygen atoms in total. The van der Waals surface area contributed by atoms with Crippen LogP contribution in [0.25, 0.3) is 5.65 Å². The van der Waals surface area contributed by atoms with Crippen molar-refractivity contribution in [3.8, 4) is 6.07 Å². The molecule has 0 aliphatic carbocycles. The topological polar surface area (TPSA) is 144 Å². The van der Waals surface area contributed by atoms with E-state index in [2.05, 4.69) is 10.8 Å². The van der Waals surface area contributed by atoms with Gasteiger partial charge in [0, 0.05) is 42.5 Å². The number of sulfonamides is 1. The molecule has 0 spiro atoms. The van der Waals surface area contributed by atoms with Gasteiger partial charge in [-0.25, -0.2) is 17.9 Å². The number of hydrogen-bond acceptors (Lipinski definition) is 8. The third-order valence-corrected chi connectivity index (χ3v) is 7.82. The van der Waals surface area contributed by atoms with Gasteiger partial charge >= 0.3 is 0 Å². The van der Waals surface area contributed by atoms with E-state index in [4.69, 9.17) is 21.7 Å². The minimum atomic E-state index is -3.61. The van der Waals surface area contributed by atoms with Crippen LogP contribution in [-0.4, -0.2) is 70.9 Å². The summed E-state index contributed by atoms with van der Waals surface area (Å²) in [4.78, 5) is 22.2. The fourth-order valence-electron chi connectivity index (χ4n) is 5.21. The van der Waals surface area contributed by atoms with Crippen molar-refractivity contribution in [1.29, 1.82) is 5.26 Å². The van der Waals surface area contributed by atoms with Gasteiger partial charge in [0.05, 0.1) is 47.3 Å². The number of nitrogens with zero attached hydrogens (tertiary/aromatic N) is 6. The van der Waals surface area contributed by atoms with Crippen molar-refractivity contribution in [3.63, 3.8) is 0 Å². The van der Waals surface area contributed by atoms with Crippen LogP contribution < -0.4 is 9.62 Å². The number of anilines is 2. The number of aliphatic hydroxyl groups is 1. The summed E-state index contributed by atoms with van der Waals surface area (Å²) in [5, 5.41) is 24.5. The second-order valence-corrected chi connectivity index (χ2v) is 12.1. The number of hydrogen-bond donors (Lipinski definition) is 2. The fraction of sp³-hybridized carbons (Fsp3) is 0.440. The Balaban J connectivity index is 1.48. The Morgan fingerprint density at radius 2 is 2.05 bits per heavy atom. The smallest absolute Gasteiger partial charge is 0.256 e. The lowest BCUT2D eigenvalue weighted by molar-refractivity contribution is 0.0607. The van der Waals surface area contributed by atoms with Crippen molar-refractivity contribution >= 4 is 44.7 Å². The largest absolute Gasteiger partial charge is 0.390 e. The van der Waals surface area contributed by atoms with Crippen molar-refractivity contribution in [2.24, 2.45) is 5.92 Å². The number of halogens is 1. The van der Waals surface area contributed by atoms with Crippen LogP contribution in [0.5, 0.6) is 0 Å². The highest BCUT2D eigenvalue weighted by atomic mass is 35.5. The maximum atomic E-state index is 13.8. The molecule has 38 heavy (non-hydrogen) atoms. The quantitative estimate of drug-likeness (QED) is 0.487. The van der Waals surface area contributed by atoms with E-state index in [-0.39, 0.29) is 23.2 Å². The van der Waals surface area contributed by atoms with Crippen LogP contribution in [0.3, 0.4) is 0 Å². The highest BCUT2D eigenvalue weighted by Crippen LogP contribution is 2.34. The SMILES string of the molecule is Cc1cn2nc([C@@H]3CCCCN3C(=O)c3cc(Cl)ccc3NS(C)(=O)=O)cc2nc1N1CC(C#N)[C@H](O)C1. The average Bonchev–Trinajstić information content (AvgIpc) is 3.45. The molecule has 2 saturated heterocycles. The minimum absolute atomic E-state index is 0.173. The summed E-state index contributed by atoms with van der Waals surface area (Å²) in [6.07, 6.45) is 4.57. The zero-order valence-electron chi connectivity index (χ0n) is 21.0. The van der Waals surface area contributed by atoms with Gasteiger partial charge < -0.3 is 14.9 Å². The van der Waals surface area contributed by atoms with Gasteiger partial charge in [-0.1, -0.05) is 11.6 Å². The number of piperidine rings is 1. The molecule has 2 aliphatic rings. The Kier molecular flexibility index (Phi) is 6.94. The van der Waals surface area contributed by atoms with Gasteiger partial charge in [-0.05, 0) is 44.4 Å². The number of benzene rings is 1. The van der Waals surface area contributed by atoms with Crippen molar-refractivity contribution < 1.29 is 18.3 Å². The molecule has 5 rings (SSSR count). The van der Waals surface area contributed by atoms with E-state index in [0.717, 1.165) is 24.7 Å². The Hall–Kier alpha value is -3.40. The highest BCUT2D eigenvalue weighted by Gasteiger charge is 2.34. The number of carbonyl (C=O) groups is 1. The van der Waals surface area contributed by atoms with Crippen LogP contribution in [-0.2, 0) is 10.0 Å². The van der Waals surface area contributed by atoms with Gasteiger partial charge in [-0.15, -0.1) is 0 Å². The monoisotopic (exact) mass is 557 g/mol. The van der Waals surface area contributed by atoms with Crippen molar-refractivity contribution in [3.05, 3.63) is 52.3 Å². The molecular formula is C25H28ClN7O4S. The predicted molar refractivity (Wildman–Crippen MR) is 143 cm³/mol. The van der Waals surface area contributed by atoms with E-state index in [1.54, 1.807) is 9.42 Å². The lowest BCUT2D eigenvalue weighted by Crippen LogP contribution is -2.39. The number of fused-ring (bicyclic) bond motifs is 1. The zero-order chi connectivity index (χ0) is 27.2. The second kappa shape index (κ2) is 10.1. The average molecular weight is 558 g/mol. The molecule has 1 aromatic carbocycles. The third-order valence-electron chi connectivity index (χ3n) is 6.99. The van der Waals surface area contributed by atoms with Gasteiger partial charge in [-0.3, -0.25) is 9.52 Å². The molecule has 4 heterocycles. The standard InChI is InChI=1S/C25H28ClN7O4S/c1-15-12-33-23(28-24(15)31-13-16(11-27)22(34)14-31)10-20(29-33)21-5-3-4-8-32(21)25(35)18-9-17(26)6-7-19(18)30-38(2,36)37/h6-7,9-10,12,16,21-22,30,34H,3-5,8,13-14H2,1-2H3/t16?,21-,22+/m0/s1. The number of β-amino-alcohol motifs (C(OH)–C–C–N with tert-alkyl or cyclic N) is 1. The van der Waals surface area contributed by atoms with Crippen LogP contribution in [0.4, 0.5) is 11.5 Å². The Labute approximate surface area is 225 Å². The lowest BCUT2D eigenvalue weighted by Gasteiger charge is -2.35. The van der Waals surface area contributed by atoms with Gasteiger partial charge in [0.15, 0.2) is 5.65 Å². The molecule has 13 heteroatoms. The zero-order valence-corrected chi connectivity index (χ0v) is 22.6. The molecule has 0 radical (unpaired) electrons. The number of aryl methyl sites for hydroxylation is 1. The lowest BCUT2D eigenvalue weighted by atomic mass is 9.98. The minimum Gasteiger partial charge on any atom is -0.390 e. The first-order valence-corrected chi connectivity index (χ1v) is 14.6. The molecule has 200 valence electrons. The maximum Gasteiger partial charge on any atom is 0.256 e. The van der Waals surface area contributed by atoms with E-state index < -0.39 is 22.0 Å². The first-order chi connectivity index (χ1) is 18.0. The van der Waals surface area contributed by atoms with E-state index >= 15 is 0 Å². The van der Waals surface area contributed by atoms with Crippen LogP contribution in [0, 0.1) is 24.2 Å². The number of aliphatic hydroxyl groups excluding tert-OH is 1. The number of carbonyl (C=O) groups excluding carboxylic acids is 1. The molecule has 0 bridgehead atoms. The van der Waals surface area contributed by atoms with E-state index in [0.29, 0.717) is 48.2 Å². The molecule has 1 unspecified atom stereocenters. The molecule has 2 aliphatic heterocycles. The Morgan fingerprint density at radius 3 is 2.76 bits per heavy atom. The Bertz CT molecular complexity index is 1550. The molecule has 2 N–H and O–H groups in total. The summed E-state index contributed by atoms with van der Waals surface area (Å²) in [5.41, 5.74) is 2.47. The van der Waals surface area contributed by atoms with E-state index in [1.807, 2.05) is 24.1 Å². The van der Waals surface area contributed by atoms with Crippen LogP contribution in [0.1, 0.15) is 46.9 Å². The van der Waals surface area contributed by atoms with Gasteiger partial charge in [0.1, 0.15) is 5.82 Å². The Morgan fingerprint density at radius 1 is 1.26 bits per heavy atom. The number of nitrogens with one attached hydrogen (secondary N) is 1. The highest BCUT2D eigenvalue weighted by molar-refractivity contribution is 7.92. The van der Waals surface area contributed by atoms with Crippen LogP contribution >= 0.6 is 11.6 Å². The summed E-state index contributed by atoms with van der Waals surface area (Å²) < 4.78 is 27.9. The summed E-state index contributed by atoms with van der Waals surface area (Å²) >= 11 is 6.18. The van der Waals surface area contributed by atoms with Crippen molar-refractivity contribution in [2.45, 2.75) is 38.3 Å². The number of aromatic nitrogens is 3. The molecule has 3 atom stereocenters. The molecule has 0 saturated carbocycles. The third kappa shape index (κ3) is 5.14. The maximum absolute atomic E-state index is 13.8.